The van der Waals surface area contributed by atoms with Gasteiger partial charge in [-0.05, 0) is 23.3 Å². The molecule has 0 N–H and O–H groups in total. The zero-order chi connectivity index (χ0) is 18.8. The fourth-order valence-corrected chi connectivity index (χ4v) is 3.59. The molecule has 0 aliphatic carbocycles. The summed E-state index contributed by atoms with van der Waals surface area (Å²) in [5.74, 6) is 1.30. The summed E-state index contributed by atoms with van der Waals surface area (Å²) < 4.78 is 11.9. The van der Waals surface area contributed by atoms with E-state index in [4.69, 9.17) is 19.5 Å². The van der Waals surface area contributed by atoms with Crippen LogP contribution in [0.5, 0.6) is 0 Å². The van der Waals surface area contributed by atoms with Gasteiger partial charge in [-0.3, -0.25) is 0 Å². The number of aliphatic imine (C=N–C) groups is 2. The van der Waals surface area contributed by atoms with Gasteiger partial charge in [-0.25, -0.2) is 9.98 Å². The molecule has 0 spiro atoms. The molecule has 2 unspecified atom stereocenters. The lowest BCUT2D eigenvalue weighted by atomic mass is 10.1. The highest BCUT2D eigenvalue weighted by Crippen LogP contribution is 2.29. The summed E-state index contributed by atoms with van der Waals surface area (Å²) in [5.41, 5.74) is 4.17. The van der Waals surface area contributed by atoms with E-state index in [1.165, 1.54) is 0 Å². The molecule has 2 aliphatic rings. The molecule has 0 radical (unpaired) electrons. The van der Waals surface area contributed by atoms with Crippen molar-refractivity contribution in [2.45, 2.75) is 12.1 Å². The maximum atomic E-state index is 5.96. The summed E-state index contributed by atoms with van der Waals surface area (Å²) in [6.07, 6.45) is 0. The van der Waals surface area contributed by atoms with E-state index in [1.807, 2.05) is 60.7 Å². The number of hydrogen-bond donors (Lipinski definition) is 0. The standard InChI is InChI=1S/C24H20N2O2/c1-3-9-17(10-4-1)21-15-27-23(25-21)19-13-7-8-14-20(19)24-26-22(16-28-24)18-11-5-2-6-12-18/h1-14,21-22H,15-16H2. The minimum Gasteiger partial charge on any atom is -0.475 e. The van der Waals surface area contributed by atoms with Crippen LogP contribution in [-0.2, 0) is 9.47 Å². The molecule has 2 aliphatic heterocycles. The summed E-state index contributed by atoms with van der Waals surface area (Å²) in [6.45, 7) is 1.10. The third kappa shape index (κ3) is 3.18. The van der Waals surface area contributed by atoms with E-state index in [9.17, 15) is 0 Å². The van der Waals surface area contributed by atoms with Crippen LogP contribution in [-0.4, -0.2) is 25.0 Å². The number of ether oxygens (including phenoxy) is 2. The van der Waals surface area contributed by atoms with Crippen LogP contribution < -0.4 is 0 Å². The maximum Gasteiger partial charge on any atom is 0.217 e. The number of rotatable bonds is 4. The van der Waals surface area contributed by atoms with Gasteiger partial charge in [-0.15, -0.1) is 0 Å². The van der Waals surface area contributed by atoms with E-state index >= 15 is 0 Å². The minimum atomic E-state index is 0.0211. The highest BCUT2D eigenvalue weighted by atomic mass is 16.5. The average molecular weight is 368 g/mol. The summed E-state index contributed by atoms with van der Waals surface area (Å²) >= 11 is 0. The zero-order valence-electron chi connectivity index (χ0n) is 15.4. The third-order valence-corrected chi connectivity index (χ3v) is 5.06. The van der Waals surface area contributed by atoms with Crippen molar-refractivity contribution in [3.8, 4) is 0 Å². The minimum absolute atomic E-state index is 0.0211. The van der Waals surface area contributed by atoms with Crippen LogP contribution >= 0.6 is 0 Å². The molecule has 3 aromatic rings. The highest BCUT2D eigenvalue weighted by molar-refractivity contribution is 6.08. The Bertz CT molecular complexity index is 944. The van der Waals surface area contributed by atoms with Crippen molar-refractivity contribution in [1.29, 1.82) is 0 Å². The van der Waals surface area contributed by atoms with Gasteiger partial charge in [0.15, 0.2) is 0 Å². The maximum absolute atomic E-state index is 5.96. The Labute approximate surface area is 164 Å². The quantitative estimate of drug-likeness (QED) is 0.669. The molecule has 3 aromatic carbocycles. The first kappa shape index (κ1) is 16.8. The van der Waals surface area contributed by atoms with Gasteiger partial charge in [0, 0.05) is 11.1 Å². The van der Waals surface area contributed by atoms with Crippen LogP contribution in [0.4, 0.5) is 0 Å². The normalized spacial score (nSPS) is 20.9. The predicted molar refractivity (Wildman–Crippen MR) is 110 cm³/mol. The molecule has 0 bridgehead atoms. The summed E-state index contributed by atoms with van der Waals surface area (Å²) in [6, 6.07) is 28.5. The molecule has 0 amide bonds. The van der Waals surface area contributed by atoms with Crippen LogP contribution in [0.3, 0.4) is 0 Å². The lowest BCUT2D eigenvalue weighted by Crippen LogP contribution is -2.11. The molecule has 0 fully saturated rings. The molecule has 0 saturated heterocycles. The Balaban J connectivity index is 1.46. The lowest BCUT2D eigenvalue weighted by Gasteiger charge is -2.08. The third-order valence-electron chi connectivity index (χ3n) is 5.06. The topological polar surface area (TPSA) is 43.2 Å². The van der Waals surface area contributed by atoms with Gasteiger partial charge < -0.3 is 9.47 Å². The molecular formula is C24H20N2O2. The van der Waals surface area contributed by atoms with E-state index in [-0.39, 0.29) is 12.1 Å². The fourth-order valence-electron chi connectivity index (χ4n) is 3.59. The second-order valence-corrected chi connectivity index (χ2v) is 6.89. The summed E-state index contributed by atoms with van der Waals surface area (Å²) in [5, 5.41) is 0. The Morgan fingerprint density at radius 3 is 1.36 bits per heavy atom. The molecule has 28 heavy (non-hydrogen) atoms. The Morgan fingerprint density at radius 2 is 0.929 bits per heavy atom. The first-order chi connectivity index (χ1) is 13.9. The molecule has 5 rings (SSSR count). The van der Waals surface area contributed by atoms with Crippen molar-refractivity contribution in [2.75, 3.05) is 13.2 Å². The van der Waals surface area contributed by atoms with Crippen LogP contribution in [0.25, 0.3) is 0 Å². The van der Waals surface area contributed by atoms with Crippen LogP contribution in [0, 0.1) is 0 Å². The molecule has 138 valence electrons. The molecule has 0 aromatic heterocycles. The summed E-state index contributed by atoms with van der Waals surface area (Å²) in [4.78, 5) is 9.64. The smallest absolute Gasteiger partial charge is 0.217 e. The SMILES string of the molecule is c1ccc(C2COC(c3ccccc3C3=NC(c4ccccc4)CO3)=N2)cc1. The van der Waals surface area contributed by atoms with Gasteiger partial charge in [-0.2, -0.15) is 0 Å². The van der Waals surface area contributed by atoms with Gasteiger partial charge in [0.1, 0.15) is 25.3 Å². The highest BCUT2D eigenvalue weighted by Gasteiger charge is 2.27. The first-order valence-corrected chi connectivity index (χ1v) is 9.49. The van der Waals surface area contributed by atoms with Crippen LogP contribution in [0.15, 0.2) is 94.9 Å². The largest absolute Gasteiger partial charge is 0.475 e. The van der Waals surface area contributed by atoms with Crippen molar-refractivity contribution in [3.05, 3.63) is 107 Å². The molecule has 4 nitrogen and oxygen atoms in total. The first-order valence-electron chi connectivity index (χ1n) is 9.49. The van der Waals surface area contributed by atoms with Crippen LogP contribution in [0.2, 0.25) is 0 Å². The van der Waals surface area contributed by atoms with Gasteiger partial charge in [-0.1, -0.05) is 72.8 Å². The van der Waals surface area contributed by atoms with Crippen molar-refractivity contribution in [3.63, 3.8) is 0 Å². The predicted octanol–water partition coefficient (Wildman–Crippen LogP) is 4.72. The van der Waals surface area contributed by atoms with Crippen molar-refractivity contribution in [1.82, 2.24) is 0 Å². The fraction of sp³-hybridized carbons (Fsp3) is 0.167. The second-order valence-electron chi connectivity index (χ2n) is 6.89. The molecule has 0 saturated carbocycles. The molecule has 4 heteroatoms. The molecular weight excluding hydrogens is 348 g/mol. The van der Waals surface area contributed by atoms with Gasteiger partial charge in [0.2, 0.25) is 11.8 Å². The van der Waals surface area contributed by atoms with Gasteiger partial charge >= 0.3 is 0 Å². The Kier molecular flexibility index (Phi) is 4.37. The summed E-state index contributed by atoms with van der Waals surface area (Å²) in [7, 11) is 0. The Hall–Kier alpha value is -3.40. The van der Waals surface area contributed by atoms with Crippen molar-refractivity contribution >= 4 is 11.8 Å². The number of nitrogens with zero attached hydrogens (tertiary/aromatic N) is 2. The van der Waals surface area contributed by atoms with Gasteiger partial charge in [0.25, 0.3) is 0 Å². The lowest BCUT2D eigenvalue weighted by molar-refractivity contribution is 0.316. The molecule has 2 atom stereocenters. The number of benzene rings is 3. The average Bonchev–Trinajstić information content (AvgIpc) is 3.45. The van der Waals surface area contributed by atoms with E-state index in [1.54, 1.807) is 0 Å². The second kappa shape index (κ2) is 7.31. The zero-order valence-corrected chi connectivity index (χ0v) is 15.4. The van der Waals surface area contributed by atoms with Crippen molar-refractivity contribution in [2.24, 2.45) is 9.98 Å². The molecule has 2 heterocycles. The van der Waals surface area contributed by atoms with Gasteiger partial charge in [0.05, 0.1) is 0 Å². The van der Waals surface area contributed by atoms with E-state index in [2.05, 4.69) is 24.3 Å². The number of hydrogen-bond acceptors (Lipinski definition) is 4. The van der Waals surface area contributed by atoms with E-state index < -0.39 is 0 Å². The van der Waals surface area contributed by atoms with E-state index in [0.717, 1.165) is 22.3 Å². The van der Waals surface area contributed by atoms with E-state index in [0.29, 0.717) is 25.0 Å². The van der Waals surface area contributed by atoms with Crippen LogP contribution in [0.1, 0.15) is 34.3 Å². The Morgan fingerprint density at radius 1 is 0.536 bits per heavy atom. The monoisotopic (exact) mass is 368 g/mol. The van der Waals surface area contributed by atoms with Crippen molar-refractivity contribution < 1.29 is 9.47 Å².